The lowest BCUT2D eigenvalue weighted by molar-refractivity contribution is 0.0232. The van der Waals surface area contributed by atoms with Crippen molar-refractivity contribution in [1.82, 2.24) is 10.6 Å². The van der Waals surface area contributed by atoms with Gasteiger partial charge in [0, 0.05) is 25.7 Å². The van der Waals surface area contributed by atoms with E-state index in [1.54, 1.807) is 0 Å². The molecule has 0 aliphatic carbocycles. The number of hydrogen-bond donors (Lipinski definition) is 2. The highest BCUT2D eigenvalue weighted by molar-refractivity contribution is 4.76. The summed E-state index contributed by atoms with van der Waals surface area (Å²) < 4.78 is 11.1. The zero-order valence-corrected chi connectivity index (χ0v) is 10.2. The van der Waals surface area contributed by atoms with Crippen LogP contribution >= 0.6 is 0 Å². The van der Waals surface area contributed by atoms with Gasteiger partial charge in [0.25, 0.3) is 0 Å². The summed E-state index contributed by atoms with van der Waals surface area (Å²) in [6.07, 6.45) is 2.70. The monoisotopic (exact) mass is 228 g/mol. The van der Waals surface area contributed by atoms with Crippen molar-refractivity contribution in [2.45, 2.75) is 31.9 Å². The Bertz CT molecular complexity index is 189. The molecule has 3 atom stereocenters. The summed E-state index contributed by atoms with van der Waals surface area (Å²) in [5.41, 5.74) is 0. The van der Waals surface area contributed by atoms with E-state index < -0.39 is 0 Å². The summed E-state index contributed by atoms with van der Waals surface area (Å²) in [4.78, 5) is 0. The molecule has 0 bridgehead atoms. The van der Waals surface area contributed by atoms with Crippen molar-refractivity contribution in [3.8, 4) is 0 Å². The van der Waals surface area contributed by atoms with E-state index in [4.69, 9.17) is 9.47 Å². The molecule has 2 aliphatic rings. The molecule has 94 valence electrons. The number of ether oxygens (including phenoxy) is 2. The van der Waals surface area contributed by atoms with E-state index in [-0.39, 0.29) is 0 Å². The molecule has 2 aliphatic heterocycles. The average Bonchev–Trinajstić information content (AvgIpc) is 2.84. The third-order valence-corrected chi connectivity index (χ3v) is 3.61. The highest BCUT2D eigenvalue weighted by Gasteiger charge is 2.22. The van der Waals surface area contributed by atoms with E-state index >= 15 is 0 Å². The lowest BCUT2D eigenvalue weighted by Gasteiger charge is -2.25. The van der Waals surface area contributed by atoms with Crippen molar-refractivity contribution < 1.29 is 9.47 Å². The molecule has 0 radical (unpaired) electrons. The maximum absolute atomic E-state index is 5.66. The molecule has 0 aromatic heterocycles. The molecule has 2 saturated heterocycles. The molecular formula is C12H24N2O2. The van der Waals surface area contributed by atoms with Gasteiger partial charge >= 0.3 is 0 Å². The van der Waals surface area contributed by atoms with E-state index in [0.29, 0.717) is 18.1 Å². The van der Waals surface area contributed by atoms with Gasteiger partial charge in [0.05, 0.1) is 19.3 Å². The Balaban J connectivity index is 1.56. The highest BCUT2D eigenvalue weighted by atomic mass is 16.5. The minimum Gasteiger partial charge on any atom is -0.381 e. The van der Waals surface area contributed by atoms with Crippen LogP contribution in [-0.4, -0.2) is 51.6 Å². The van der Waals surface area contributed by atoms with Crippen LogP contribution < -0.4 is 10.6 Å². The molecule has 2 N–H and O–H groups in total. The largest absolute Gasteiger partial charge is 0.381 e. The van der Waals surface area contributed by atoms with Gasteiger partial charge in [-0.3, -0.25) is 0 Å². The Hall–Kier alpha value is -0.160. The fourth-order valence-electron chi connectivity index (χ4n) is 2.39. The first-order valence-electron chi connectivity index (χ1n) is 6.49. The molecule has 3 unspecified atom stereocenters. The number of nitrogens with one attached hydrogen (secondary N) is 2. The second-order valence-electron chi connectivity index (χ2n) is 4.85. The van der Waals surface area contributed by atoms with Gasteiger partial charge in [-0.05, 0) is 32.2 Å². The maximum atomic E-state index is 5.66. The quantitative estimate of drug-likeness (QED) is 0.714. The van der Waals surface area contributed by atoms with Gasteiger partial charge in [0.1, 0.15) is 0 Å². The Morgan fingerprint density at radius 2 is 2.38 bits per heavy atom. The summed E-state index contributed by atoms with van der Waals surface area (Å²) >= 11 is 0. The average molecular weight is 228 g/mol. The van der Waals surface area contributed by atoms with E-state index in [2.05, 4.69) is 17.6 Å². The Labute approximate surface area is 98.1 Å². The number of rotatable bonds is 5. The minimum absolute atomic E-state index is 0.397. The third kappa shape index (κ3) is 3.70. The molecule has 0 saturated carbocycles. The van der Waals surface area contributed by atoms with E-state index in [1.165, 1.54) is 6.42 Å². The Morgan fingerprint density at radius 1 is 1.44 bits per heavy atom. The van der Waals surface area contributed by atoms with Crippen LogP contribution in [0, 0.1) is 5.92 Å². The smallest absolute Gasteiger partial charge is 0.0712 e. The summed E-state index contributed by atoms with van der Waals surface area (Å²) in [6, 6.07) is 0.569. The lowest BCUT2D eigenvalue weighted by atomic mass is 10.0. The van der Waals surface area contributed by atoms with Crippen molar-refractivity contribution in [3.63, 3.8) is 0 Å². The molecule has 2 heterocycles. The van der Waals surface area contributed by atoms with Crippen LogP contribution in [0.15, 0.2) is 0 Å². The van der Waals surface area contributed by atoms with Crippen molar-refractivity contribution in [3.05, 3.63) is 0 Å². The van der Waals surface area contributed by atoms with Crippen molar-refractivity contribution in [2.75, 3.05) is 39.5 Å². The Kier molecular flexibility index (Phi) is 5.03. The van der Waals surface area contributed by atoms with E-state index in [1.807, 2.05) is 0 Å². The van der Waals surface area contributed by atoms with Crippen LogP contribution in [0.3, 0.4) is 0 Å². The molecule has 0 amide bonds. The zero-order valence-electron chi connectivity index (χ0n) is 10.2. The van der Waals surface area contributed by atoms with Crippen molar-refractivity contribution in [2.24, 2.45) is 5.92 Å². The first-order valence-corrected chi connectivity index (χ1v) is 6.49. The van der Waals surface area contributed by atoms with Crippen LogP contribution in [0.1, 0.15) is 19.8 Å². The summed E-state index contributed by atoms with van der Waals surface area (Å²) in [6.45, 7) is 8.03. The molecule has 4 nitrogen and oxygen atoms in total. The summed E-state index contributed by atoms with van der Waals surface area (Å²) in [7, 11) is 0. The molecule has 16 heavy (non-hydrogen) atoms. The third-order valence-electron chi connectivity index (χ3n) is 3.61. The molecule has 2 fully saturated rings. The van der Waals surface area contributed by atoms with Gasteiger partial charge in [-0.2, -0.15) is 0 Å². The normalized spacial score (nSPS) is 32.8. The molecule has 0 aromatic carbocycles. The lowest BCUT2D eigenvalue weighted by Crippen LogP contribution is -2.41. The summed E-state index contributed by atoms with van der Waals surface area (Å²) in [5.74, 6) is 0.699. The number of hydrogen-bond acceptors (Lipinski definition) is 4. The second-order valence-corrected chi connectivity index (χ2v) is 4.85. The zero-order chi connectivity index (χ0) is 11.2. The highest BCUT2D eigenvalue weighted by Crippen LogP contribution is 2.16. The molecule has 0 aromatic rings. The fourth-order valence-corrected chi connectivity index (χ4v) is 2.39. The van der Waals surface area contributed by atoms with E-state index in [0.717, 1.165) is 45.9 Å². The van der Waals surface area contributed by atoms with Crippen LogP contribution in [0.5, 0.6) is 0 Å². The van der Waals surface area contributed by atoms with Gasteiger partial charge < -0.3 is 20.1 Å². The van der Waals surface area contributed by atoms with Crippen molar-refractivity contribution in [1.29, 1.82) is 0 Å². The van der Waals surface area contributed by atoms with Crippen LogP contribution in [0.2, 0.25) is 0 Å². The van der Waals surface area contributed by atoms with Gasteiger partial charge in [0.2, 0.25) is 0 Å². The topological polar surface area (TPSA) is 42.5 Å². The standard InChI is InChI=1S/C12H24N2O2/c1-10(11-3-6-15-9-11)14-4-2-12-8-13-5-7-16-12/h10-14H,2-9H2,1H3. The molecule has 0 spiro atoms. The molecular weight excluding hydrogens is 204 g/mol. The van der Waals surface area contributed by atoms with E-state index in [9.17, 15) is 0 Å². The SMILES string of the molecule is CC(NCCC1CNCCO1)C1CCOC1. The van der Waals surface area contributed by atoms with Crippen LogP contribution in [0.4, 0.5) is 0 Å². The molecule has 2 rings (SSSR count). The van der Waals surface area contributed by atoms with Crippen molar-refractivity contribution >= 4 is 0 Å². The Morgan fingerprint density at radius 3 is 3.06 bits per heavy atom. The van der Waals surface area contributed by atoms with Gasteiger partial charge in [-0.1, -0.05) is 0 Å². The van der Waals surface area contributed by atoms with Crippen LogP contribution in [0.25, 0.3) is 0 Å². The first kappa shape index (κ1) is 12.3. The number of morpholine rings is 1. The first-order chi connectivity index (χ1) is 7.86. The van der Waals surface area contributed by atoms with Gasteiger partial charge in [-0.15, -0.1) is 0 Å². The summed E-state index contributed by atoms with van der Waals surface area (Å²) in [5, 5.41) is 6.94. The maximum Gasteiger partial charge on any atom is 0.0712 e. The second kappa shape index (κ2) is 6.55. The fraction of sp³-hybridized carbons (Fsp3) is 1.00. The minimum atomic E-state index is 0.397. The predicted molar refractivity (Wildman–Crippen MR) is 63.6 cm³/mol. The predicted octanol–water partition coefficient (Wildman–Crippen LogP) is 0.380. The molecule has 4 heteroatoms. The van der Waals surface area contributed by atoms with Gasteiger partial charge in [-0.25, -0.2) is 0 Å². The van der Waals surface area contributed by atoms with Gasteiger partial charge in [0.15, 0.2) is 0 Å². The van der Waals surface area contributed by atoms with Crippen LogP contribution in [-0.2, 0) is 9.47 Å².